The lowest BCUT2D eigenvalue weighted by molar-refractivity contribution is 0.0949. The second kappa shape index (κ2) is 11.5. The van der Waals surface area contributed by atoms with E-state index in [1.165, 1.54) is 30.6 Å². The van der Waals surface area contributed by atoms with Crippen LogP contribution in [0.5, 0.6) is 17.2 Å². The maximum atomic E-state index is 12.4. The number of benzene rings is 3. The molecule has 36 heavy (non-hydrogen) atoms. The average Bonchev–Trinajstić information content (AvgIpc) is 2.88. The van der Waals surface area contributed by atoms with Crippen LogP contribution in [-0.2, 0) is 0 Å². The van der Waals surface area contributed by atoms with E-state index in [1.807, 2.05) is 0 Å². The van der Waals surface area contributed by atoms with E-state index in [0.29, 0.717) is 33.5 Å². The number of phenols is 1. The maximum absolute atomic E-state index is 12.4. The van der Waals surface area contributed by atoms with Crippen molar-refractivity contribution in [1.29, 1.82) is 0 Å². The van der Waals surface area contributed by atoms with Gasteiger partial charge in [-0.25, -0.2) is 10.2 Å². The molecule has 0 saturated heterocycles. The molecule has 4 aromatic rings. The van der Waals surface area contributed by atoms with Gasteiger partial charge in [-0.3, -0.25) is 9.78 Å². The van der Waals surface area contributed by atoms with Crippen molar-refractivity contribution >= 4 is 41.1 Å². The van der Waals surface area contributed by atoms with Gasteiger partial charge >= 0.3 is 6.03 Å². The summed E-state index contributed by atoms with van der Waals surface area (Å²) >= 11 is 5.84. The van der Waals surface area contributed by atoms with Crippen LogP contribution in [0.25, 0.3) is 0 Å². The van der Waals surface area contributed by atoms with Gasteiger partial charge in [0, 0.05) is 28.7 Å². The molecule has 0 aliphatic heterocycles. The van der Waals surface area contributed by atoms with Crippen LogP contribution in [0.15, 0.2) is 96.2 Å². The number of nitrogens with one attached hydrogen (secondary N) is 3. The first kappa shape index (κ1) is 24.2. The molecule has 9 nitrogen and oxygen atoms in total. The third-order valence-electron chi connectivity index (χ3n) is 4.69. The highest BCUT2D eigenvalue weighted by molar-refractivity contribution is 6.30. The summed E-state index contributed by atoms with van der Waals surface area (Å²) in [4.78, 5) is 28.6. The number of anilines is 2. The fourth-order valence-corrected chi connectivity index (χ4v) is 3.08. The standard InChI is InChI=1S/C26H20ClN5O4/c27-18-3-5-19(6-4-18)30-26(35)31-20-7-11-22(12-8-20)36-23-13-14-28-24(15-23)25(34)32-29-16-17-1-9-21(33)10-2-17/h1-16,33H,(H,32,34)(H2,30,31,35). The number of halogens is 1. The SMILES string of the molecule is O=C(Nc1ccc(Cl)cc1)Nc1ccc(Oc2ccnc(C(=O)NN=Cc3ccc(O)cc3)c2)cc1. The minimum atomic E-state index is -0.512. The summed E-state index contributed by atoms with van der Waals surface area (Å²) in [6.45, 7) is 0. The molecule has 4 rings (SSSR count). The molecule has 3 amide bonds. The van der Waals surface area contributed by atoms with Crippen molar-refractivity contribution < 1.29 is 19.4 Å². The van der Waals surface area contributed by atoms with E-state index in [-0.39, 0.29) is 11.4 Å². The van der Waals surface area contributed by atoms with Gasteiger partial charge < -0.3 is 20.5 Å². The van der Waals surface area contributed by atoms with E-state index in [1.54, 1.807) is 66.7 Å². The largest absolute Gasteiger partial charge is 0.508 e. The Hall–Kier alpha value is -4.89. The Bertz CT molecular complexity index is 1380. The summed E-state index contributed by atoms with van der Waals surface area (Å²) in [7, 11) is 0. The second-order valence-corrected chi connectivity index (χ2v) is 7.82. The van der Waals surface area contributed by atoms with Crippen LogP contribution in [0.4, 0.5) is 16.2 Å². The van der Waals surface area contributed by atoms with Crippen LogP contribution in [-0.4, -0.2) is 28.2 Å². The molecule has 0 aliphatic carbocycles. The Morgan fingerprint density at radius 2 is 1.50 bits per heavy atom. The normalized spacial score (nSPS) is 10.6. The summed E-state index contributed by atoms with van der Waals surface area (Å²) in [5, 5.41) is 19.2. The number of rotatable bonds is 7. The van der Waals surface area contributed by atoms with Crippen LogP contribution >= 0.6 is 11.6 Å². The molecule has 1 aromatic heterocycles. The van der Waals surface area contributed by atoms with Gasteiger partial charge in [0.05, 0.1) is 6.21 Å². The summed E-state index contributed by atoms with van der Waals surface area (Å²) in [6.07, 6.45) is 2.90. The Labute approximate surface area is 211 Å². The van der Waals surface area contributed by atoms with Gasteiger partial charge in [0.2, 0.25) is 0 Å². The summed E-state index contributed by atoms with van der Waals surface area (Å²) in [6, 6.07) is 22.5. The number of nitrogens with zero attached hydrogens (tertiary/aromatic N) is 2. The number of ether oxygens (including phenoxy) is 1. The lowest BCUT2D eigenvalue weighted by Crippen LogP contribution is -2.19. The predicted molar refractivity (Wildman–Crippen MR) is 138 cm³/mol. The first-order valence-electron chi connectivity index (χ1n) is 10.6. The van der Waals surface area contributed by atoms with Gasteiger partial charge in [-0.15, -0.1) is 0 Å². The van der Waals surface area contributed by atoms with E-state index in [0.717, 1.165) is 0 Å². The Balaban J connectivity index is 1.31. The second-order valence-electron chi connectivity index (χ2n) is 7.38. The Kier molecular flexibility index (Phi) is 7.74. The average molecular weight is 502 g/mol. The number of aromatic hydroxyl groups is 1. The van der Waals surface area contributed by atoms with Crippen molar-refractivity contribution in [3.63, 3.8) is 0 Å². The van der Waals surface area contributed by atoms with E-state index in [4.69, 9.17) is 16.3 Å². The number of pyridine rings is 1. The predicted octanol–water partition coefficient (Wildman–Crippen LogP) is 5.64. The molecule has 0 radical (unpaired) electrons. The summed E-state index contributed by atoms with van der Waals surface area (Å²) in [5.74, 6) is 0.532. The first-order valence-corrected chi connectivity index (χ1v) is 11.0. The monoisotopic (exact) mass is 501 g/mol. The van der Waals surface area contributed by atoms with Crippen LogP contribution in [0.3, 0.4) is 0 Å². The highest BCUT2D eigenvalue weighted by atomic mass is 35.5. The van der Waals surface area contributed by atoms with Gasteiger partial charge in [0.15, 0.2) is 0 Å². The van der Waals surface area contributed by atoms with Crippen LogP contribution < -0.4 is 20.8 Å². The molecule has 0 aliphatic rings. The number of urea groups is 1. The van der Waals surface area contributed by atoms with Crippen molar-refractivity contribution in [2.45, 2.75) is 0 Å². The molecule has 0 unspecified atom stereocenters. The Morgan fingerprint density at radius 1 is 0.861 bits per heavy atom. The molecule has 180 valence electrons. The van der Waals surface area contributed by atoms with Crippen molar-refractivity contribution in [3.8, 4) is 17.2 Å². The number of hydrazone groups is 1. The molecule has 0 fully saturated rings. The number of hydrogen-bond acceptors (Lipinski definition) is 6. The zero-order valence-corrected chi connectivity index (χ0v) is 19.4. The number of aromatic nitrogens is 1. The number of carbonyl (C=O) groups excluding carboxylic acids is 2. The topological polar surface area (TPSA) is 125 Å². The maximum Gasteiger partial charge on any atom is 0.323 e. The van der Waals surface area contributed by atoms with E-state index in [9.17, 15) is 14.7 Å². The van der Waals surface area contributed by atoms with Crippen molar-refractivity contribution in [2.75, 3.05) is 10.6 Å². The number of carbonyl (C=O) groups is 2. The molecule has 0 spiro atoms. The molecule has 0 bridgehead atoms. The van der Waals surface area contributed by atoms with E-state index >= 15 is 0 Å². The third kappa shape index (κ3) is 7.05. The lowest BCUT2D eigenvalue weighted by Gasteiger charge is -2.10. The quantitative estimate of drug-likeness (QED) is 0.192. The number of amides is 3. The summed E-state index contributed by atoms with van der Waals surface area (Å²) in [5.41, 5.74) is 4.40. The molecule has 3 aromatic carbocycles. The summed E-state index contributed by atoms with van der Waals surface area (Å²) < 4.78 is 5.80. The minimum Gasteiger partial charge on any atom is -0.508 e. The lowest BCUT2D eigenvalue weighted by atomic mass is 10.2. The van der Waals surface area contributed by atoms with Crippen molar-refractivity contribution in [1.82, 2.24) is 10.4 Å². The van der Waals surface area contributed by atoms with Gasteiger partial charge in [0.1, 0.15) is 22.9 Å². The smallest absolute Gasteiger partial charge is 0.323 e. The fourth-order valence-electron chi connectivity index (χ4n) is 2.95. The van der Waals surface area contributed by atoms with Crippen LogP contribution in [0, 0.1) is 0 Å². The van der Waals surface area contributed by atoms with Gasteiger partial charge in [-0.1, -0.05) is 11.6 Å². The third-order valence-corrected chi connectivity index (χ3v) is 4.94. The molecule has 0 atom stereocenters. The molecule has 0 saturated carbocycles. The van der Waals surface area contributed by atoms with E-state index in [2.05, 4.69) is 26.1 Å². The van der Waals surface area contributed by atoms with Crippen LogP contribution in [0.2, 0.25) is 5.02 Å². The number of hydrogen-bond donors (Lipinski definition) is 4. The van der Waals surface area contributed by atoms with E-state index < -0.39 is 11.9 Å². The zero-order chi connectivity index (χ0) is 25.3. The minimum absolute atomic E-state index is 0.118. The molecule has 1 heterocycles. The van der Waals surface area contributed by atoms with Crippen molar-refractivity contribution in [2.24, 2.45) is 5.10 Å². The van der Waals surface area contributed by atoms with Gasteiger partial charge in [-0.05, 0) is 84.4 Å². The highest BCUT2D eigenvalue weighted by Gasteiger charge is 2.09. The zero-order valence-electron chi connectivity index (χ0n) is 18.7. The first-order chi connectivity index (χ1) is 17.4. The molecular formula is C26H20ClN5O4. The fraction of sp³-hybridized carbons (Fsp3) is 0. The highest BCUT2D eigenvalue weighted by Crippen LogP contribution is 2.23. The molecular weight excluding hydrogens is 482 g/mol. The molecule has 10 heteroatoms. The molecule has 4 N–H and O–H groups in total. The Morgan fingerprint density at radius 3 is 2.17 bits per heavy atom. The van der Waals surface area contributed by atoms with Crippen molar-refractivity contribution in [3.05, 3.63) is 107 Å². The van der Waals surface area contributed by atoms with Gasteiger partial charge in [0.25, 0.3) is 5.91 Å². The van der Waals surface area contributed by atoms with Crippen LogP contribution in [0.1, 0.15) is 16.1 Å². The number of phenolic OH excluding ortho intramolecular Hbond substituents is 1. The van der Waals surface area contributed by atoms with Gasteiger partial charge in [-0.2, -0.15) is 5.10 Å².